The number of aliphatic imine (C=N–C) groups is 1. The van der Waals surface area contributed by atoms with Crippen molar-refractivity contribution in [2.24, 2.45) is 9.46 Å². The van der Waals surface area contributed by atoms with E-state index < -0.39 is 0 Å². The highest BCUT2D eigenvalue weighted by Crippen LogP contribution is 2.28. The molecule has 12 heavy (non-hydrogen) atoms. The van der Waals surface area contributed by atoms with Crippen LogP contribution in [-0.4, -0.2) is 10.7 Å². The van der Waals surface area contributed by atoms with E-state index in [0.717, 1.165) is 14.5 Å². The first-order valence-electron chi connectivity index (χ1n) is 3.03. The van der Waals surface area contributed by atoms with E-state index in [-0.39, 0.29) is 10.7 Å². The van der Waals surface area contributed by atoms with Gasteiger partial charge in [-0.2, -0.15) is 0 Å². The number of rotatable bonds is 0. The lowest BCUT2D eigenvalue weighted by atomic mass is 10.6. The summed E-state index contributed by atoms with van der Waals surface area (Å²) in [5.41, 5.74) is 2.96. The minimum Gasteiger partial charge on any atom is -0.281 e. The van der Waals surface area contributed by atoms with E-state index in [9.17, 15) is 0 Å². The molecule has 0 fully saturated rings. The maximum absolute atomic E-state index is 4.15. The van der Waals surface area contributed by atoms with Gasteiger partial charge >= 0.3 is 0 Å². The second kappa shape index (κ2) is 2.99. The summed E-state index contributed by atoms with van der Waals surface area (Å²) in [5.74, 6) is 0. The predicted molar refractivity (Wildman–Crippen MR) is 57.3 cm³/mol. The molecule has 0 saturated heterocycles. The summed E-state index contributed by atoms with van der Waals surface area (Å²) in [6.07, 6.45) is 1.70. The van der Waals surface area contributed by atoms with Gasteiger partial charge in [-0.25, -0.2) is 4.99 Å². The molecule has 0 spiro atoms. The molecule has 0 aromatic rings. The van der Waals surface area contributed by atoms with Crippen LogP contribution in [0.15, 0.2) is 30.6 Å². The summed E-state index contributed by atoms with van der Waals surface area (Å²) >= 11 is 7.40. The Morgan fingerprint density at radius 1 is 1.75 bits per heavy atom. The third kappa shape index (κ3) is 1.26. The molecule has 0 saturated carbocycles. The molecule has 7 heteroatoms. The highest BCUT2D eigenvalue weighted by molar-refractivity contribution is 9.12. The Balaban J connectivity index is 2.51. The van der Waals surface area contributed by atoms with Crippen LogP contribution >= 0.6 is 28.7 Å². The van der Waals surface area contributed by atoms with Crippen molar-refractivity contribution < 1.29 is 0 Å². The molecular formula is C5H5BrN4S2. The number of nitrogens with one attached hydrogen (secondary N) is 1. The van der Waals surface area contributed by atoms with Gasteiger partial charge in [-0.3, -0.25) is 5.43 Å². The number of hydrogen-bond acceptors (Lipinski definition) is 5. The number of nitrogens with zero attached hydrogens (tertiary/aromatic N) is 3. The second-order valence-corrected chi connectivity index (χ2v) is 4.94. The van der Waals surface area contributed by atoms with Crippen LogP contribution in [-0.2, 0) is 10.7 Å². The van der Waals surface area contributed by atoms with Crippen LogP contribution in [0.3, 0.4) is 0 Å². The first-order chi connectivity index (χ1) is 5.68. The number of allylic oxidation sites excluding steroid dienone is 1. The van der Waals surface area contributed by atoms with Gasteiger partial charge in [0.15, 0.2) is 0 Å². The summed E-state index contributed by atoms with van der Waals surface area (Å²) < 4.78 is 6.43. The van der Waals surface area contributed by atoms with Crippen LogP contribution < -0.4 is 5.43 Å². The van der Waals surface area contributed by atoms with Crippen LogP contribution in [0.5, 0.6) is 0 Å². The fraction of sp³-hybridized carbons (Fsp3) is 0. The van der Waals surface area contributed by atoms with Crippen LogP contribution in [0.1, 0.15) is 0 Å². The minimum atomic E-state index is -0.386. The Labute approximate surface area is 86.1 Å². The molecule has 2 rings (SSSR count). The van der Waals surface area contributed by atoms with Gasteiger partial charge in [-0.1, -0.05) is 6.58 Å². The van der Waals surface area contributed by atoms with Crippen molar-refractivity contribution in [3.63, 3.8) is 0 Å². The topological polar surface area (TPSA) is 40.0 Å². The first-order valence-corrected chi connectivity index (χ1v) is 5.40. The molecule has 1 unspecified atom stereocenters. The van der Waals surface area contributed by atoms with Crippen molar-refractivity contribution in [1.82, 2.24) is 9.95 Å². The summed E-state index contributed by atoms with van der Waals surface area (Å²) in [5, 5.41) is 1.71. The lowest BCUT2D eigenvalue weighted by molar-refractivity contribution is 0.459. The molecule has 2 aliphatic rings. The number of fused-ring (bicyclic) bond motifs is 1. The van der Waals surface area contributed by atoms with Crippen molar-refractivity contribution in [3.8, 4) is 0 Å². The lowest BCUT2D eigenvalue weighted by Gasteiger charge is -2.09. The van der Waals surface area contributed by atoms with E-state index in [2.05, 4.69) is 50.2 Å². The maximum Gasteiger partial charge on any atom is 0.120 e. The molecule has 0 radical (unpaired) electrons. The fourth-order valence-electron chi connectivity index (χ4n) is 0.821. The van der Waals surface area contributed by atoms with E-state index in [1.54, 1.807) is 6.21 Å². The third-order valence-corrected chi connectivity index (χ3v) is 4.07. The van der Waals surface area contributed by atoms with Gasteiger partial charge in [-0.15, -0.1) is 4.47 Å². The van der Waals surface area contributed by atoms with Crippen molar-refractivity contribution >= 4 is 45.7 Å². The highest BCUT2D eigenvalue weighted by Gasteiger charge is 2.24. The molecule has 0 bridgehead atoms. The Morgan fingerprint density at radius 3 is 3.17 bits per heavy atom. The Morgan fingerprint density at radius 2 is 2.50 bits per heavy atom. The van der Waals surface area contributed by atoms with Crippen molar-refractivity contribution in [2.75, 3.05) is 0 Å². The van der Waals surface area contributed by atoms with E-state index in [4.69, 9.17) is 0 Å². The lowest BCUT2D eigenvalue weighted by Crippen LogP contribution is -2.20. The monoisotopic (exact) mass is 264 g/mol. The number of thiol groups is 1. The quantitative estimate of drug-likeness (QED) is 0.651. The molecule has 1 atom stereocenters. The number of hydrogen-bond donors (Lipinski definition) is 2. The minimum absolute atomic E-state index is 0.386. The Bertz CT molecular complexity index is 345. The number of hydrazine groups is 1. The molecule has 0 aromatic heterocycles. The van der Waals surface area contributed by atoms with Crippen LogP contribution in [0.2, 0.25) is 0 Å². The van der Waals surface area contributed by atoms with Gasteiger partial charge in [0.1, 0.15) is 10.1 Å². The second-order valence-electron chi connectivity index (χ2n) is 2.10. The van der Waals surface area contributed by atoms with E-state index in [1.165, 1.54) is 4.52 Å². The zero-order chi connectivity index (χ0) is 8.72. The zero-order valence-electron chi connectivity index (χ0n) is 5.86. The molecule has 4 nitrogen and oxygen atoms in total. The Kier molecular flexibility index (Phi) is 2.11. The summed E-state index contributed by atoms with van der Waals surface area (Å²) in [4.78, 5) is 4.08. The van der Waals surface area contributed by atoms with Crippen molar-refractivity contribution in [1.29, 1.82) is 0 Å². The maximum atomic E-state index is 4.15. The molecule has 0 amide bonds. The van der Waals surface area contributed by atoms with Gasteiger partial charge < -0.3 is 0 Å². The van der Waals surface area contributed by atoms with Gasteiger partial charge in [0, 0.05) is 16.9 Å². The number of halogens is 1. The van der Waals surface area contributed by atoms with E-state index in [0.29, 0.717) is 0 Å². The van der Waals surface area contributed by atoms with Crippen molar-refractivity contribution in [3.05, 3.63) is 21.1 Å². The predicted octanol–water partition coefficient (Wildman–Crippen LogP) is 1.49. The fourth-order valence-corrected chi connectivity index (χ4v) is 3.03. The molecule has 2 aliphatic heterocycles. The molecular weight excluding hydrogens is 260 g/mol. The van der Waals surface area contributed by atoms with Crippen LogP contribution in [0.4, 0.5) is 0 Å². The average molecular weight is 265 g/mol. The average Bonchev–Trinajstić information content (AvgIpc) is 2.41. The molecule has 1 N–H and O–H groups in total. The highest BCUT2D eigenvalue weighted by atomic mass is 79.9. The summed E-state index contributed by atoms with van der Waals surface area (Å²) in [7, 11) is -0.386. The summed E-state index contributed by atoms with van der Waals surface area (Å²) in [6.45, 7) is 3.79. The van der Waals surface area contributed by atoms with Gasteiger partial charge in [0.05, 0.1) is 4.48 Å². The molecule has 0 aliphatic carbocycles. The molecule has 0 aromatic carbocycles. The standard InChI is InChI=1S/C5H5BrN4S2/c1-3-7-2-4(6)5-8-10(11)9-12(3)5/h2,8,11H,1H2. The van der Waals surface area contributed by atoms with Gasteiger partial charge in [-0.05, 0) is 33.3 Å². The SMILES string of the molecule is C=C1N=CC(Br)=C2NN(S)N=S12. The summed E-state index contributed by atoms with van der Waals surface area (Å²) in [6, 6.07) is 0. The molecule has 64 valence electrons. The van der Waals surface area contributed by atoms with E-state index in [1.807, 2.05) is 0 Å². The third-order valence-electron chi connectivity index (χ3n) is 1.32. The van der Waals surface area contributed by atoms with E-state index >= 15 is 0 Å². The van der Waals surface area contributed by atoms with Crippen LogP contribution in [0, 0.1) is 0 Å². The Hall–Kier alpha value is -0.110. The first kappa shape index (κ1) is 8.49. The van der Waals surface area contributed by atoms with Gasteiger partial charge in [0.2, 0.25) is 0 Å². The smallest absolute Gasteiger partial charge is 0.120 e. The largest absolute Gasteiger partial charge is 0.281 e. The zero-order valence-corrected chi connectivity index (χ0v) is 9.16. The normalized spacial score (nSPS) is 28.5. The molecule has 2 heterocycles. The van der Waals surface area contributed by atoms with Crippen LogP contribution in [0.25, 0.3) is 0 Å². The van der Waals surface area contributed by atoms with Gasteiger partial charge in [0.25, 0.3) is 0 Å². The van der Waals surface area contributed by atoms with Crippen molar-refractivity contribution in [2.45, 2.75) is 0 Å².